The van der Waals surface area contributed by atoms with Crippen LogP contribution in [0.1, 0.15) is 12.8 Å². The van der Waals surface area contributed by atoms with E-state index in [-0.39, 0.29) is 0 Å². The molecule has 2 atom stereocenters. The van der Waals surface area contributed by atoms with Crippen LogP contribution in [0.5, 0.6) is 0 Å². The molecule has 18 heavy (non-hydrogen) atoms. The van der Waals surface area contributed by atoms with Crippen molar-refractivity contribution in [2.45, 2.75) is 25.0 Å². The molecule has 0 saturated heterocycles. The maximum Gasteiger partial charge on any atom is 0.371 e. The molecule has 2 unspecified atom stereocenters. The number of carboxylic acid groups (broad SMARTS) is 3. The Labute approximate surface area is 99.3 Å². The van der Waals surface area contributed by atoms with E-state index in [0.717, 1.165) is 0 Å². The highest BCUT2D eigenvalue weighted by molar-refractivity contribution is 5.83. The summed E-state index contributed by atoms with van der Waals surface area (Å²) in [6, 6.07) is 0. The second-order valence-electron chi connectivity index (χ2n) is 3.06. The van der Waals surface area contributed by atoms with Crippen LogP contribution in [-0.4, -0.2) is 56.7 Å². The first-order chi connectivity index (χ1) is 8.27. The maximum atomic E-state index is 10.9. The third kappa shape index (κ3) is 5.77. The lowest BCUT2D eigenvalue weighted by Crippen LogP contribution is -2.37. The molecule has 0 bridgehead atoms. The van der Waals surface area contributed by atoms with Crippen LogP contribution in [0.2, 0.25) is 0 Å². The zero-order valence-electron chi connectivity index (χ0n) is 8.81. The number of carbonyl (C=O) groups is 4. The molecule has 0 spiro atoms. The fraction of sp³-hybridized carbons (Fsp3) is 0.500. The molecule has 0 radical (unpaired) electrons. The summed E-state index contributed by atoms with van der Waals surface area (Å²) in [4.78, 5) is 45.4. The number of aliphatic carboxylic acids is 3. The molecular weight excluding hydrogens is 256 g/mol. The molecule has 0 aliphatic rings. The third-order valence-corrected chi connectivity index (χ3v) is 1.68. The van der Waals surface area contributed by atoms with Crippen molar-refractivity contribution in [3.05, 3.63) is 0 Å². The first-order valence-corrected chi connectivity index (χ1v) is 4.45. The number of hydrogen-bond acceptors (Lipinski definition) is 7. The fourth-order valence-electron chi connectivity index (χ4n) is 0.955. The second kappa shape index (κ2) is 7.19. The highest BCUT2D eigenvalue weighted by atomic mass is 17.1. The number of rotatable bonds is 8. The first-order valence-electron chi connectivity index (χ1n) is 4.45. The molecule has 0 aliphatic heterocycles. The van der Waals surface area contributed by atoms with Gasteiger partial charge in [-0.15, -0.1) is 0 Å². The van der Waals surface area contributed by atoms with Crippen LogP contribution in [0.25, 0.3) is 0 Å². The average molecular weight is 266 g/mol. The molecule has 0 amide bonds. The highest BCUT2D eigenvalue weighted by Gasteiger charge is 2.32. The number of carboxylic acids is 3. The molecule has 10 heteroatoms. The molecule has 0 heterocycles. The van der Waals surface area contributed by atoms with E-state index < -0.39 is 48.9 Å². The zero-order chi connectivity index (χ0) is 14.3. The third-order valence-electron chi connectivity index (χ3n) is 1.68. The Balaban J connectivity index is 4.79. The zero-order valence-corrected chi connectivity index (χ0v) is 8.81. The maximum absolute atomic E-state index is 10.9. The predicted molar refractivity (Wildman–Crippen MR) is 49.5 cm³/mol. The predicted octanol–water partition coefficient (Wildman–Crippen LogP) is -1.21. The van der Waals surface area contributed by atoms with Crippen LogP contribution in [0.4, 0.5) is 0 Å². The van der Waals surface area contributed by atoms with Gasteiger partial charge in [0.15, 0.2) is 12.2 Å². The minimum atomic E-state index is -1.94. The lowest BCUT2D eigenvalue weighted by atomic mass is 10.2. The van der Waals surface area contributed by atoms with Gasteiger partial charge in [0.1, 0.15) is 0 Å². The molecule has 0 aromatic heterocycles. The minimum Gasteiger partial charge on any atom is -0.481 e. The van der Waals surface area contributed by atoms with E-state index in [1.54, 1.807) is 0 Å². The highest BCUT2D eigenvalue weighted by Crippen LogP contribution is 2.09. The minimum absolute atomic E-state index is 0.982. The summed E-state index contributed by atoms with van der Waals surface area (Å²) in [5, 5.41) is 33.5. The summed E-state index contributed by atoms with van der Waals surface area (Å²) in [5.41, 5.74) is 0. The van der Waals surface area contributed by atoms with Crippen molar-refractivity contribution >= 4 is 23.9 Å². The van der Waals surface area contributed by atoms with E-state index >= 15 is 0 Å². The largest absolute Gasteiger partial charge is 0.481 e. The number of hydrogen-bond donors (Lipinski definition) is 4. The molecule has 0 aromatic carbocycles. The van der Waals surface area contributed by atoms with E-state index in [1.807, 2.05) is 0 Å². The summed E-state index contributed by atoms with van der Waals surface area (Å²) in [6.45, 7) is 0. The summed E-state index contributed by atoms with van der Waals surface area (Å²) < 4.78 is 4.49. The Morgan fingerprint density at radius 2 is 1.33 bits per heavy atom. The molecule has 102 valence electrons. The van der Waals surface area contributed by atoms with Crippen LogP contribution in [0.15, 0.2) is 0 Å². The van der Waals surface area contributed by atoms with Gasteiger partial charge in [0.05, 0.1) is 12.8 Å². The number of ether oxygens (including phenoxy) is 1. The van der Waals surface area contributed by atoms with Gasteiger partial charge >= 0.3 is 23.9 Å². The van der Waals surface area contributed by atoms with E-state index in [0.29, 0.717) is 0 Å². The van der Waals surface area contributed by atoms with E-state index in [4.69, 9.17) is 20.6 Å². The lowest BCUT2D eigenvalue weighted by Gasteiger charge is -2.17. The summed E-state index contributed by atoms with van der Waals surface area (Å²) in [5.74, 6) is -6.27. The molecule has 0 aromatic rings. The van der Waals surface area contributed by atoms with Crippen molar-refractivity contribution in [2.24, 2.45) is 0 Å². The van der Waals surface area contributed by atoms with E-state index in [1.165, 1.54) is 0 Å². The van der Waals surface area contributed by atoms with E-state index in [2.05, 4.69) is 9.62 Å². The molecule has 0 fully saturated rings. The van der Waals surface area contributed by atoms with Crippen LogP contribution < -0.4 is 0 Å². The second-order valence-corrected chi connectivity index (χ2v) is 3.06. The monoisotopic (exact) mass is 266 g/mol. The Hall–Kier alpha value is -2.20. The molecular formula is C8H10O10. The van der Waals surface area contributed by atoms with Crippen LogP contribution in [0.3, 0.4) is 0 Å². The fourth-order valence-corrected chi connectivity index (χ4v) is 0.955. The Morgan fingerprint density at radius 1 is 0.889 bits per heavy atom. The molecule has 0 rings (SSSR count). The van der Waals surface area contributed by atoms with Crippen molar-refractivity contribution in [2.75, 3.05) is 0 Å². The number of carbonyl (C=O) groups excluding carboxylic acids is 1. The quantitative estimate of drug-likeness (QED) is 0.309. The van der Waals surface area contributed by atoms with Crippen molar-refractivity contribution < 1.29 is 49.4 Å². The van der Waals surface area contributed by atoms with E-state index in [9.17, 15) is 19.2 Å². The van der Waals surface area contributed by atoms with Gasteiger partial charge in [-0.1, -0.05) is 0 Å². The van der Waals surface area contributed by atoms with Gasteiger partial charge in [-0.25, -0.2) is 9.59 Å². The topological polar surface area (TPSA) is 168 Å². The molecule has 0 saturated carbocycles. The van der Waals surface area contributed by atoms with Crippen LogP contribution in [0, 0.1) is 0 Å². The summed E-state index contributed by atoms with van der Waals surface area (Å²) in [6.07, 6.45) is -5.83. The van der Waals surface area contributed by atoms with Gasteiger partial charge in [-0.2, -0.15) is 5.26 Å². The Kier molecular flexibility index (Phi) is 6.31. The van der Waals surface area contributed by atoms with Crippen LogP contribution in [-0.2, 0) is 28.8 Å². The average Bonchev–Trinajstić information content (AvgIpc) is 2.24. The smallest absolute Gasteiger partial charge is 0.371 e. The van der Waals surface area contributed by atoms with Gasteiger partial charge in [-0.3, -0.25) is 14.5 Å². The standard InChI is InChI=1S/C8H10O10/c9-5(10)1-3(7(13)14)17-4(2-6(11)12)8(15)18-16/h3-4,16H,1-2H2,(H,9,10)(H,11,12)(H,13,14). The summed E-state index contributed by atoms with van der Waals surface area (Å²) in [7, 11) is 0. The van der Waals surface area contributed by atoms with Gasteiger partial charge in [0, 0.05) is 0 Å². The van der Waals surface area contributed by atoms with Crippen molar-refractivity contribution in [3.63, 3.8) is 0 Å². The normalized spacial score (nSPS) is 13.4. The van der Waals surface area contributed by atoms with Gasteiger partial charge in [-0.05, 0) is 0 Å². The summed E-state index contributed by atoms with van der Waals surface area (Å²) >= 11 is 0. The molecule has 10 nitrogen and oxygen atoms in total. The SMILES string of the molecule is O=C(O)CC(OC(CC(=O)O)C(=O)OO)C(=O)O. The van der Waals surface area contributed by atoms with Gasteiger partial charge in [0.25, 0.3) is 0 Å². The molecule has 4 N–H and O–H groups in total. The van der Waals surface area contributed by atoms with Crippen molar-refractivity contribution in [1.82, 2.24) is 0 Å². The Morgan fingerprint density at radius 3 is 1.67 bits per heavy atom. The van der Waals surface area contributed by atoms with Crippen LogP contribution >= 0.6 is 0 Å². The van der Waals surface area contributed by atoms with Gasteiger partial charge in [0.2, 0.25) is 0 Å². The van der Waals surface area contributed by atoms with Gasteiger partial charge < -0.3 is 20.1 Å². The molecule has 0 aliphatic carbocycles. The lowest BCUT2D eigenvalue weighted by molar-refractivity contribution is -0.247. The Bertz CT molecular complexity index is 348. The first kappa shape index (κ1) is 15.8. The van der Waals surface area contributed by atoms with Crippen molar-refractivity contribution in [1.29, 1.82) is 0 Å². The van der Waals surface area contributed by atoms with Crippen molar-refractivity contribution in [3.8, 4) is 0 Å².